The van der Waals surface area contributed by atoms with Crippen LogP contribution in [0.4, 0.5) is 4.79 Å². The van der Waals surface area contributed by atoms with Gasteiger partial charge in [-0.25, -0.2) is 4.79 Å². The van der Waals surface area contributed by atoms with E-state index >= 15 is 0 Å². The Kier molecular flexibility index (Phi) is 5.23. The molecule has 2 aliphatic rings. The number of hydrogen-bond donors (Lipinski definition) is 3. The minimum Gasteiger partial charge on any atom is -0.481 e. The maximum Gasteiger partial charge on any atom is 0.317 e. The number of carbonyl (C=O) groups is 2. The van der Waals surface area contributed by atoms with E-state index in [0.29, 0.717) is 13.1 Å². The van der Waals surface area contributed by atoms with Crippen molar-refractivity contribution in [1.29, 1.82) is 0 Å². The van der Waals surface area contributed by atoms with Crippen LogP contribution in [-0.4, -0.2) is 52.3 Å². The molecule has 3 N–H and O–H groups in total. The average Bonchev–Trinajstić information content (AvgIpc) is 2.41. The Bertz CT molecular complexity index is 353. The fraction of sp³-hybridized carbons (Fsp3) is 0.857. The van der Waals surface area contributed by atoms with Gasteiger partial charge < -0.3 is 20.4 Å². The summed E-state index contributed by atoms with van der Waals surface area (Å²) in [6.07, 6.45) is 4.79. The third kappa shape index (κ3) is 4.37. The number of aliphatic hydroxyl groups is 1. The maximum atomic E-state index is 12.2. The summed E-state index contributed by atoms with van der Waals surface area (Å²) in [5.41, 5.74) is 0. The van der Waals surface area contributed by atoms with Crippen molar-refractivity contribution in [2.75, 3.05) is 13.1 Å². The second kappa shape index (κ2) is 6.92. The summed E-state index contributed by atoms with van der Waals surface area (Å²) in [5, 5.41) is 21.3. The van der Waals surface area contributed by atoms with Crippen molar-refractivity contribution in [3.8, 4) is 0 Å². The van der Waals surface area contributed by atoms with Gasteiger partial charge in [-0.2, -0.15) is 0 Å². The maximum absolute atomic E-state index is 12.2. The Hall–Kier alpha value is -1.30. The predicted molar refractivity (Wildman–Crippen MR) is 73.3 cm³/mol. The number of hydrogen-bond acceptors (Lipinski definition) is 3. The monoisotopic (exact) mass is 284 g/mol. The Balaban J connectivity index is 1.78. The number of likely N-dealkylation sites (tertiary alicyclic amines) is 1. The fourth-order valence-corrected chi connectivity index (χ4v) is 3.15. The highest BCUT2D eigenvalue weighted by Crippen LogP contribution is 2.21. The zero-order valence-corrected chi connectivity index (χ0v) is 11.8. The van der Waals surface area contributed by atoms with Gasteiger partial charge in [0.25, 0.3) is 0 Å². The molecule has 1 atom stereocenters. The topological polar surface area (TPSA) is 89.9 Å². The first-order valence-corrected chi connectivity index (χ1v) is 7.50. The van der Waals surface area contributed by atoms with Crippen LogP contribution >= 0.6 is 0 Å². The van der Waals surface area contributed by atoms with Crippen molar-refractivity contribution >= 4 is 12.0 Å². The Morgan fingerprint density at radius 2 is 1.85 bits per heavy atom. The average molecular weight is 284 g/mol. The molecule has 0 bridgehead atoms. The first kappa shape index (κ1) is 15.1. The van der Waals surface area contributed by atoms with Crippen LogP contribution in [0, 0.1) is 5.92 Å². The lowest BCUT2D eigenvalue weighted by molar-refractivity contribution is -0.138. The summed E-state index contributed by atoms with van der Waals surface area (Å²) < 4.78 is 0. The van der Waals surface area contributed by atoms with Crippen LogP contribution < -0.4 is 5.32 Å². The van der Waals surface area contributed by atoms with Crippen LogP contribution in [0.1, 0.15) is 44.9 Å². The molecule has 0 aromatic heterocycles. The van der Waals surface area contributed by atoms with Crippen LogP contribution in [0.15, 0.2) is 0 Å². The molecule has 0 spiro atoms. The first-order valence-electron chi connectivity index (χ1n) is 7.50. The van der Waals surface area contributed by atoms with Crippen molar-refractivity contribution in [2.24, 2.45) is 5.92 Å². The number of carboxylic acids is 1. The minimum atomic E-state index is -0.793. The van der Waals surface area contributed by atoms with Crippen molar-refractivity contribution in [3.63, 3.8) is 0 Å². The third-order valence-corrected chi connectivity index (χ3v) is 4.29. The molecule has 0 radical (unpaired) electrons. The van der Waals surface area contributed by atoms with Gasteiger partial charge in [0.2, 0.25) is 0 Å². The lowest BCUT2D eigenvalue weighted by atomic mass is 9.93. The van der Waals surface area contributed by atoms with E-state index in [0.717, 1.165) is 38.5 Å². The largest absolute Gasteiger partial charge is 0.481 e. The number of rotatable bonds is 3. The van der Waals surface area contributed by atoms with Crippen molar-refractivity contribution in [2.45, 2.75) is 57.1 Å². The number of carbonyl (C=O) groups excluding carboxylic acids is 1. The molecule has 0 aromatic rings. The number of aliphatic carboxylic acids is 1. The van der Waals surface area contributed by atoms with E-state index in [2.05, 4.69) is 5.32 Å². The molecule has 114 valence electrons. The van der Waals surface area contributed by atoms with Gasteiger partial charge in [-0.15, -0.1) is 0 Å². The van der Waals surface area contributed by atoms with Gasteiger partial charge in [-0.1, -0.05) is 0 Å². The van der Waals surface area contributed by atoms with E-state index in [1.807, 2.05) is 0 Å². The summed E-state index contributed by atoms with van der Waals surface area (Å²) in [4.78, 5) is 24.7. The van der Waals surface area contributed by atoms with Gasteiger partial charge in [0, 0.05) is 25.6 Å². The highest BCUT2D eigenvalue weighted by molar-refractivity contribution is 5.75. The predicted octanol–water partition coefficient (Wildman–Crippen LogP) is 1.19. The highest BCUT2D eigenvalue weighted by Gasteiger charge is 2.27. The molecule has 2 amide bonds. The quantitative estimate of drug-likeness (QED) is 0.726. The van der Waals surface area contributed by atoms with Gasteiger partial charge >= 0.3 is 12.0 Å². The number of piperidine rings is 1. The van der Waals surface area contributed by atoms with Crippen LogP contribution in [0.2, 0.25) is 0 Å². The van der Waals surface area contributed by atoms with Crippen molar-refractivity contribution in [3.05, 3.63) is 0 Å². The van der Waals surface area contributed by atoms with Crippen LogP contribution in [0.5, 0.6) is 0 Å². The molecule has 1 aliphatic carbocycles. The van der Waals surface area contributed by atoms with Gasteiger partial charge in [0.1, 0.15) is 0 Å². The number of nitrogens with one attached hydrogen (secondary N) is 1. The van der Waals surface area contributed by atoms with E-state index in [1.165, 1.54) is 0 Å². The summed E-state index contributed by atoms with van der Waals surface area (Å²) in [7, 11) is 0. The van der Waals surface area contributed by atoms with Crippen LogP contribution in [0.25, 0.3) is 0 Å². The Morgan fingerprint density at radius 3 is 2.50 bits per heavy atom. The Labute approximate surface area is 119 Å². The molecule has 2 rings (SSSR count). The molecule has 6 heteroatoms. The van der Waals surface area contributed by atoms with E-state index in [4.69, 9.17) is 5.11 Å². The Morgan fingerprint density at radius 1 is 1.15 bits per heavy atom. The SMILES string of the molecule is O=C(O)CC1CCCN(C(=O)NC2CCC(O)CC2)C1. The molecule has 1 unspecified atom stereocenters. The zero-order valence-electron chi connectivity index (χ0n) is 11.8. The van der Waals surface area contributed by atoms with Crippen molar-refractivity contribution in [1.82, 2.24) is 10.2 Å². The summed E-state index contributed by atoms with van der Waals surface area (Å²) in [6, 6.07) is 0.0622. The summed E-state index contributed by atoms with van der Waals surface area (Å²) in [5.74, 6) is -0.723. The number of amides is 2. The van der Waals surface area contributed by atoms with Crippen LogP contribution in [-0.2, 0) is 4.79 Å². The molecule has 6 nitrogen and oxygen atoms in total. The molecule has 1 aliphatic heterocycles. The second-order valence-electron chi connectivity index (χ2n) is 6.01. The van der Waals surface area contributed by atoms with Crippen molar-refractivity contribution < 1.29 is 19.8 Å². The van der Waals surface area contributed by atoms with E-state index < -0.39 is 5.97 Å². The van der Waals surface area contributed by atoms with Gasteiger partial charge in [0.05, 0.1) is 6.10 Å². The molecule has 1 saturated carbocycles. The number of carboxylic acid groups (broad SMARTS) is 1. The summed E-state index contributed by atoms with van der Waals surface area (Å²) in [6.45, 7) is 1.24. The molecule has 0 aromatic carbocycles. The zero-order chi connectivity index (χ0) is 14.5. The molecule has 1 heterocycles. The smallest absolute Gasteiger partial charge is 0.317 e. The fourth-order valence-electron chi connectivity index (χ4n) is 3.15. The van der Waals surface area contributed by atoms with Gasteiger partial charge in [0.15, 0.2) is 0 Å². The molecule has 2 fully saturated rings. The standard InChI is InChI=1S/C14H24N2O4/c17-12-5-3-11(4-6-12)15-14(20)16-7-1-2-10(9-16)8-13(18)19/h10-12,17H,1-9H2,(H,15,20)(H,18,19). The number of urea groups is 1. The first-order chi connectivity index (χ1) is 9.54. The molecular formula is C14H24N2O4. The normalized spacial score (nSPS) is 30.9. The van der Waals surface area contributed by atoms with E-state index in [-0.39, 0.29) is 30.5 Å². The molecular weight excluding hydrogens is 260 g/mol. The highest BCUT2D eigenvalue weighted by atomic mass is 16.4. The molecule has 20 heavy (non-hydrogen) atoms. The second-order valence-corrected chi connectivity index (χ2v) is 6.01. The molecule has 1 saturated heterocycles. The number of aliphatic hydroxyl groups excluding tert-OH is 1. The van der Waals surface area contributed by atoms with Crippen LogP contribution in [0.3, 0.4) is 0 Å². The van der Waals surface area contributed by atoms with Gasteiger partial charge in [-0.05, 0) is 44.4 Å². The number of nitrogens with zero attached hydrogens (tertiary/aromatic N) is 1. The third-order valence-electron chi connectivity index (χ3n) is 4.29. The lowest BCUT2D eigenvalue weighted by Gasteiger charge is -2.34. The lowest BCUT2D eigenvalue weighted by Crippen LogP contribution is -2.49. The van der Waals surface area contributed by atoms with E-state index in [9.17, 15) is 14.7 Å². The summed E-state index contributed by atoms with van der Waals surface area (Å²) >= 11 is 0. The minimum absolute atomic E-state index is 0.0696. The van der Waals surface area contributed by atoms with E-state index in [1.54, 1.807) is 4.90 Å². The van der Waals surface area contributed by atoms with Gasteiger partial charge in [-0.3, -0.25) is 4.79 Å².